The highest BCUT2D eigenvalue weighted by Gasteiger charge is 2.31. The maximum Gasteiger partial charge on any atom is 0.231 e. The second-order valence-electron chi connectivity index (χ2n) is 5.94. The van der Waals surface area contributed by atoms with Gasteiger partial charge in [0.25, 0.3) is 0 Å². The Morgan fingerprint density at radius 2 is 1.90 bits per heavy atom. The van der Waals surface area contributed by atoms with Crippen LogP contribution in [-0.2, 0) is 17.6 Å². The maximum absolute atomic E-state index is 5.96. The van der Waals surface area contributed by atoms with Crippen LogP contribution in [0.4, 0.5) is 0 Å². The molecule has 0 aromatic heterocycles. The smallest absolute Gasteiger partial charge is 0.231 e. The van der Waals surface area contributed by atoms with Crippen molar-refractivity contribution in [1.29, 1.82) is 0 Å². The zero-order valence-electron chi connectivity index (χ0n) is 13.8. The first-order valence-corrected chi connectivity index (χ1v) is 8.23. The molecule has 1 aromatic rings. The molecule has 0 radical (unpaired) electrons. The number of hydrogen-bond acceptors (Lipinski definition) is 3. The van der Waals surface area contributed by atoms with E-state index in [9.17, 15) is 0 Å². The molecule has 1 heterocycles. The molecule has 0 N–H and O–H groups in total. The molecule has 0 bridgehead atoms. The lowest BCUT2D eigenvalue weighted by Crippen LogP contribution is -2.31. The van der Waals surface area contributed by atoms with Gasteiger partial charge in [0.05, 0.1) is 6.10 Å². The SMILES string of the molecule is CCC.CCCO[C@@H]1Cc2c(ccc3c2OCO3)C[C@H]1C. The van der Waals surface area contributed by atoms with E-state index in [1.807, 2.05) is 6.07 Å². The molecular formula is C18H28O3. The third-order valence-corrected chi connectivity index (χ3v) is 3.86. The molecule has 1 aromatic carbocycles. The summed E-state index contributed by atoms with van der Waals surface area (Å²) >= 11 is 0. The Morgan fingerprint density at radius 1 is 1.14 bits per heavy atom. The van der Waals surface area contributed by atoms with Gasteiger partial charge in [-0.1, -0.05) is 40.2 Å². The minimum atomic E-state index is 0.313. The van der Waals surface area contributed by atoms with Crippen molar-refractivity contribution in [3.8, 4) is 11.5 Å². The summed E-state index contributed by atoms with van der Waals surface area (Å²) < 4.78 is 17.0. The molecular weight excluding hydrogens is 264 g/mol. The van der Waals surface area contributed by atoms with E-state index in [1.54, 1.807) is 0 Å². The van der Waals surface area contributed by atoms with E-state index in [4.69, 9.17) is 14.2 Å². The summed E-state index contributed by atoms with van der Waals surface area (Å²) in [5, 5.41) is 0. The van der Waals surface area contributed by atoms with E-state index in [0.717, 1.165) is 37.4 Å². The van der Waals surface area contributed by atoms with Crippen molar-refractivity contribution in [3.05, 3.63) is 23.3 Å². The molecule has 0 unspecified atom stereocenters. The van der Waals surface area contributed by atoms with Crippen molar-refractivity contribution in [3.63, 3.8) is 0 Å². The van der Waals surface area contributed by atoms with Crippen LogP contribution in [0.5, 0.6) is 11.5 Å². The molecule has 3 rings (SSSR count). The highest BCUT2D eigenvalue weighted by atomic mass is 16.7. The summed E-state index contributed by atoms with van der Waals surface area (Å²) in [6.07, 6.45) is 4.65. The quantitative estimate of drug-likeness (QED) is 0.828. The van der Waals surface area contributed by atoms with Crippen molar-refractivity contribution in [2.75, 3.05) is 13.4 Å². The van der Waals surface area contributed by atoms with E-state index in [2.05, 4.69) is 33.8 Å². The van der Waals surface area contributed by atoms with Crippen molar-refractivity contribution in [2.45, 2.75) is 59.5 Å². The van der Waals surface area contributed by atoms with Gasteiger partial charge in [0, 0.05) is 18.6 Å². The van der Waals surface area contributed by atoms with Crippen LogP contribution in [0.1, 0.15) is 51.7 Å². The fraction of sp³-hybridized carbons (Fsp3) is 0.667. The lowest BCUT2D eigenvalue weighted by Gasteiger charge is -2.31. The standard InChI is InChI=1S/C15H20O3.C3H8/c1-3-6-16-14-8-12-11(7-10(14)2)4-5-13-15(12)18-9-17-13;1-3-2/h4-5,10,14H,3,6-9H2,1-2H3;3H2,1-2H3/t10-,14-;/m1./s1. The third-order valence-electron chi connectivity index (χ3n) is 3.86. The largest absolute Gasteiger partial charge is 0.454 e. The van der Waals surface area contributed by atoms with Gasteiger partial charge in [0.15, 0.2) is 11.5 Å². The Morgan fingerprint density at radius 3 is 2.62 bits per heavy atom. The minimum absolute atomic E-state index is 0.313. The fourth-order valence-electron chi connectivity index (χ4n) is 2.86. The van der Waals surface area contributed by atoms with Crippen molar-refractivity contribution >= 4 is 0 Å². The molecule has 21 heavy (non-hydrogen) atoms. The molecule has 0 fully saturated rings. The van der Waals surface area contributed by atoms with E-state index in [1.165, 1.54) is 17.5 Å². The molecule has 3 heteroatoms. The number of benzene rings is 1. The topological polar surface area (TPSA) is 27.7 Å². The molecule has 2 atom stereocenters. The average Bonchev–Trinajstić information content (AvgIpc) is 2.94. The van der Waals surface area contributed by atoms with Crippen molar-refractivity contribution < 1.29 is 14.2 Å². The highest BCUT2D eigenvalue weighted by molar-refractivity contribution is 5.53. The monoisotopic (exact) mass is 292 g/mol. The fourth-order valence-corrected chi connectivity index (χ4v) is 2.86. The predicted octanol–water partition coefficient (Wildman–Crippen LogP) is 4.36. The number of rotatable bonds is 3. The first-order chi connectivity index (χ1) is 10.2. The van der Waals surface area contributed by atoms with Gasteiger partial charge in [0.1, 0.15) is 0 Å². The van der Waals surface area contributed by atoms with Crippen LogP contribution in [0.2, 0.25) is 0 Å². The van der Waals surface area contributed by atoms with E-state index in [-0.39, 0.29) is 0 Å². The molecule has 0 spiro atoms. The molecule has 2 aliphatic rings. The van der Waals surface area contributed by atoms with Crippen LogP contribution in [-0.4, -0.2) is 19.5 Å². The van der Waals surface area contributed by atoms with Gasteiger partial charge < -0.3 is 14.2 Å². The van der Waals surface area contributed by atoms with E-state index in [0.29, 0.717) is 18.8 Å². The van der Waals surface area contributed by atoms with Gasteiger partial charge in [-0.05, 0) is 30.4 Å². The summed E-state index contributed by atoms with van der Waals surface area (Å²) in [6, 6.07) is 4.20. The zero-order chi connectivity index (χ0) is 15.2. The van der Waals surface area contributed by atoms with Gasteiger partial charge >= 0.3 is 0 Å². The van der Waals surface area contributed by atoms with Crippen LogP contribution in [0.3, 0.4) is 0 Å². The molecule has 0 saturated heterocycles. The van der Waals surface area contributed by atoms with Gasteiger partial charge in [-0.15, -0.1) is 0 Å². The van der Waals surface area contributed by atoms with Crippen LogP contribution in [0, 0.1) is 5.92 Å². The second kappa shape index (κ2) is 7.69. The lowest BCUT2D eigenvalue weighted by molar-refractivity contribution is 0.0129. The predicted molar refractivity (Wildman–Crippen MR) is 85.1 cm³/mol. The van der Waals surface area contributed by atoms with Gasteiger partial charge in [-0.3, -0.25) is 0 Å². The van der Waals surface area contributed by atoms with Crippen molar-refractivity contribution in [1.82, 2.24) is 0 Å². The molecule has 1 aliphatic carbocycles. The van der Waals surface area contributed by atoms with E-state index >= 15 is 0 Å². The first kappa shape index (κ1) is 16.2. The molecule has 0 saturated carbocycles. The molecule has 3 nitrogen and oxygen atoms in total. The lowest BCUT2D eigenvalue weighted by atomic mass is 9.82. The summed E-state index contributed by atoms with van der Waals surface area (Å²) in [5.74, 6) is 2.41. The summed E-state index contributed by atoms with van der Waals surface area (Å²) in [6.45, 7) is 9.86. The minimum Gasteiger partial charge on any atom is -0.454 e. The molecule has 1 aliphatic heterocycles. The number of fused-ring (bicyclic) bond motifs is 3. The van der Waals surface area contributed by atoms with Crippen LogP contribution >= 0.6 is 0 Å². The van der Waals surface area contributed by atoms with Crippen LogP contribution < -0.4 is 9.47 Å². The van der Waals surface area contributed by atoms with Gasteiger partial charge in [-0.25, -0.2) is 0 Å². The third kappa shape index (κ3) is 3.70. The normalized spacial score (nSPS) is 22.3. The molecule has 0 amide bonds. The van der Waals surface area contributed by atoms with Crippen LogP contribution in [0.15, 0.2) is 12.1 Å². The Hall–Kier alpha value is -1.22. The second-order valence-corrected chi connectivity index (χ2v) is 5.94. The first-order valence-electron chi connectivity index (χ1n) is 8.23. The Bertz CT molecular complexity index is 456. The maximum atomic E-state index is 5.96. The summed E-state index contributed by atoms with van der Waals surface area (Å²) in [5.41, 5.74) is 2.69. The molecule has 118 valence electrons. The van der Waals surface area contributed by atoms with Crippen LogP contribution in [0.25, 0.3) is 0 Å². The van der Waals surface area contributed by atoms with Gasteiger partial charge in [0.2, 0.25) is 6.79 Å². The van der Waals surface area contributed by atoms with Crippen molar-refractivity contribution in [2.24, 2.45) is 5.92 Å². The van der Waals surface area contributed by atoms with E-state index < -0.39 is 0 Å². The van der Waals surface area contributed by atoms with Gasteiger partial charge in [-0.2, -0.15) is 0 Å². The Kier molecular flexibility index (Phi) is 5.92. The highest BCUT2D eigenvalue weighted by Crippen LogP contribution is 2.42. The number of ether oxygens (including phenoxy) is 3. The average molecular weight is 292 g/mol. The Balaban J connectivity index is 0.000000497. The Labute approximate surface area is 128 Å². The zero-order valence-corrected chi connectivity index (χ0v) is 13.8. The number of hydrogen-bond donors (Lipinski definition) is 0. The summed E-state index contributed by atoms with van der Waals surface area (Å²) in [7, 11) is 0. The summed E-state index contributed by atoms with van der Waals surface area (Å²) in [4.78, 5) is 0.